The number of halogens is 3. The lowest BCUT2D eigenvalue weighted by atomic mass is 10.0. The molecule has 1 fully saturated rings. The molecule has 1 N–H and O–H groups in total. The molecule has 1 saturated heterocycles. The third-order valence-corrected chi connectivity index (χ3v) is 4.42. The summed E-state index contributed by atoms with van der Waals surface area (Å²) in [5, 5.41) is 9.98. The molecule has 0 unspecified atom stereocenters. The highest BCUT2D eigenvalue weighted by molar-refractivity contribution is 5.29. The standard InChI is InChI=1S/C18H19F3N2O/c19-18(20,21)15-3-1-2-14(10-15)17-11-16(24)12-23(17)9-6-13-4-7-22-8-5-13/h1-5,7-8,10,16-17,24H,6,9,11-12H2/t16-,17+/m1/s1. The van der Waals surface area contributed by atoms with Crippen molar-refractivity contribution in [3.05, 3.63) is 65.5 Å². The van der Waals surface area contributed by atoms with E-state index in [0.717, 1.165) is 18.1 Å². The molecule has 1 aliphatic heterocycles. The van der Waals surface area contributed by atoms with Crippen LogP contribution < -0.4 is 0 Å². The van der Waals surface area contributed by atoms with Gasteiger partial charge in [-0.3, -0.25) is 9.88 Å². The highest BCUT2D eigenvalue weighted by Crippen LogP contribution is 2.36. The fourth-order valence-corrected chi connectivity index (χ4v) is 3.22. The number of nitrogens with zero attached hydrogens (tertiary/aromatic N) is 2. The number of likely N-dealkylation sites (tertiary alicyclic amines) is 1. The third kappa shape index (κ3) is 3.94. The number of rotatable bonds is 4. The summed E-state index contributed by atoms with van der Waals surface area (Å²) in [6.45, 7) is 1.16. The van der Waals surface area contributed by atoms with Gasteiger partial charge in [-0.25, -0.2) is 0 Å². The Labute approximate surface area is 138 Å². The van der Waals surface area contributed by atoms with Gasteiger partial charge in [0.1, 0.15) is 0 Å². The number of hydrogen-bond acceptors (Lipinski definition) is 3. The lowest BCUT2D eigenvalue weighted by Gasteiger charge is -2.25. The largest absolute Gasteiger partial charge is 0.416 e. The Morgan fingerprint density at radius 1 is 1.17 bits per heavy atom. The Hall–Kier alpha value is -1.92. The number of aliphatic hydroxyl groups is 1. The van der Waals surface area contributed by atoms with Crippen molar-refractivity contribution >= 4 is 0 Å². The molecule has 2 aromatic rings. The first-order chi connectivity index (χ1) is 11.4. The molecule has 3 rings (SSSR count). The summed E-state index contributed by atoms with van der Waals surface area (Å²) < 4.78 is 38.8. The molecular weight excluding hydrogens is 317 g/mol. The Balaban J connectivity index is 1.75. The summed E-state index contributed by atoms with van der Waals surface area (Å²) in [5.74, 6) is 0. The van der Waals surface area contributed by atoms with Crippen molar-refractivity contribution in [3.8, 4) is 0 Å². The van der Waals surface area contributed by atoms with Gasteiger partial charge in [-0.15, -0.1) is 0 Å². The first-order valence-electron chi connectivity index (χ1n) is 7.91. The lowest BCUT2D eigenvalue weighted by Crippen LogP contribution is -2.27. The van der Waals surface area contributed by atoms with Gasteiger partial charge < -0.3 is 5.11 Å². The Morgan fingerprint density at radius 3 is 2.62 bits per heavy atom. The van der Waals surface area contributed by atoms with Gasteiger partial charge in [0.25, 0.3) is 0 Å². The van der Waals surface area contributed by atoms with E-state index in [2.05, 4.69) is 9.88 Å². The van der Waals surface area contributed by atoms with E-state index >= 15 is 0 Å². The number of alkyl halides is 3. The highest BCUT2D eigenvalue weighted by Gasteiger charge is 2.34. The maximum atomic E-state index is 12.9. The van der Waals surface area contributed by atoms with Crippen LogP contribution in [0.15, 0.2) is 48.8 Å². The molecule has 3 nitrogen and oxygen atoms in total. The van der Waals surface area contributed by atoms with E-state index in [1.165, 1.54) is 12.1 Å². The Bertz CT molecular complexity index is 675. The van der Waals surface area contributed by atoms with Crippen LogP contribution in [-0.2, 0) is 12.6 Å². The van der Waals surface area contributed by atoms with Crippen LogP contribution in [0.3, 0.4) is 0 Å². The lowest BCUT2D eigenvalue weighted by molar-refractivity contribution is -0.137. The second kappa shape index (κ2) is 6.91. The molecule has 0 aliphatic carbocycles. The normalized spacial score (nSPS) is 22.0. The van der Waals surface area contributed by atoms with Crippen molar-refractivity contribution in [2.45, 2.75) is 31.2 Å². The Morgan fingerprint density at radius 2 is 1.92 bits per heavy atom. The number of pyridine rings is 1. The molecule has 0 saturated carbocycles. The minimum atomic E-state index is -4.35. The van der Waals surface area contributed by atoms with Crippen LogP contribution >= 0.6 is 0 Å². The highest BCUT2D eigenvalue weighted by atomic mass is 19.4. The SMILES string of the molecule is O[C@@H]1C[C@@H](c2cccc(C(F)(F)F)c2)N(CCc2ccncc2)C1. The van der Waals surface area contributed by atoms with Gasteiger partial charge in [-0.05, 0) is 48.2 Å². The van der Waals surface area contributed by atoms with E-state index in [0.29, 0.717) is 25.1 Å². The van der Waals surface area contributed by atoms with Crippen LogP contribution in [0, 0.1) is 0 Å². The van der Waals surface area contributed by atoms with Crippen molar-refractivity contribution in [2.75, 3.05) is 13.1 Å². The van der Waals surface area contributed by atoms with Crippen LogP contribution in [0.4, 0.5) is 13.2 Å². The van der Waals surface area contributed by atoms with Crippen molar-refractivity contribution < 1.29 is 18.3 Å². The molecule has 2 atom stereocenters. The number of aliphatic hydroxyl groups excluding tert-OH is 1. The minimum Gasteiger partial charge on any atom is -0.392 e. The number of hydrogen-bond donors (Lipinski definition) is 1. The molecule has 0 bridgehead atoms. The van der Waals surface area contributed by atoms with Gasteiger partial charge in [0.2, 0.25) is 0 Å². The van der Waals surface area contributed by atoms with Gasteiger partial charge in [0.05, 0.1) is 11.7 Å². The van der Waals surface area contributed by atoms with Gasteiger partial charge in [0, 0.05) is 31.5 Å². The van der Waals surface area contributed by atoms with Crippen LogP contribution in [0.2, 0.25) is 0 Å². The topological polar surface area (TPSA) is 36.4 Å². The first kappa shape index (κ1) is 16.9. The van der Waals surface area contributed by atoms with Crippen LogP contribution in [0.25, 0.3) is 0 Å². The molecule has 1 aromatic heterocycles. The van der Waals surface area contributed by atoms with Crippen molar-refractivity contribution in [1.82, 2.24) is 9.88 Å². The predicted molar refractivity (Wildman–Crippen MR) is 84.3 cm³/mol. The summed E-state index contributed by atoms with van der Waals surface area (Å²) in [5.41, 5.74) is 1.08. The maximum Gasteiger partial charge on any atom is 0.416 e. The number of benzene rings is 1. The van der Waals surface area contributed by atoms with Gasteiger partial charge in [0.15, 0.2) is 0 Å². The zero-order valence-electron chi connectivity index (χ0n) is 13.1. The van der Waals surface area contributed by atoms with Gasteiger partial charge in [-0.2, -0.15) is 13.2 Å². The fraction of sp³-hybridized carbons (Fsp3) is 0.389. The molecule has 6 heteroatoms. The molecule has 1 aromatic carbocycles. The molecule has 0 spiro atoms. The second-order valence-corrected chi connectivity index (χ2v) is 6.13. The van der Waals surface area contributed by atoms with Crippen LogP contribution in [0.5, 0.6) is 0 Å². The zero-order valence-corrected chi connectivity index (χ0v) is 13.1. The molecule has 128 valence electrons. The third-order valence-electron chi connectivity index (χ3n) is 4.42. The first-order valence-corrected chi connectivity index (χ1v) is 7.91. The molecule has 2 heterocycles. The zero-order chi connectivity index (χ0) is 17.2. The van der Waals surface area contributed by atoms with E-state index in [1.807, 2.05) is 12.1 Å². The molecule has 1 aliphatic rings. The van der Waals surface area contributed by atoms with Crippen molar-refractivity contribution in [3.63, 3.8) is 0 Å². The van der Waals surface area contributed by atoms with Crippen LogP contribution in [0.1, 0.15) is 29.2 Å². The number of aromatic nitrogens is 1. The summed E-state index contributed by atoms with van der Waals surface area (Å²) >= 11 is 0. The van der Waals surface area contributed by atoms with E-state index < -0.39 is 17.8 Å². The monoisotopic (exact) mass is 336 g/mol. The second-order valence-electron chi connectivity index (χ2n) is 6.13. The summed E-state index contributed by atoms with van der Waals surface area (Å²) in [6, 6.07) is 9.07. The van der Waals surface area contributed by atoms with Gasteiger partial charge in [-0.1, -0.05) is 12.1 Å². The maximum absolute atomic E-state index is 12.9. The smallest absolute Gasteiger partial charge is 0.392 e. The van der Waals surface area contributed by atoms with Crippen LogP contribution in [-0.4, -0.2) is 34.2 Å². The fourth-order valence-electron chi connectivity index (χ4n) is 3.22. The quantitative estimate of drug-likeness (QED) is 0.929. The van der Waals surface area contributed by atoms with E-state index in [1.54, 1.807) is 18.5 Å². The Kier molecular flexibility index (Phi) is 4.87. The van der Waals surface area contributed by atoms with E-state index in [-0.39, 0.29) is 6.04 Å². The van der Waals surface area contributed by atoms with E-state index in [9.17, 15) is 18.3 Å². The van der Waals surface area contributed by atoms with Crippen molar-refractivity contribution in [1.29, 1.82) is 0 Å². The van der Waals surface area contributed by atoms with Gasteiger partial charge >= 0.3 is 6.18 Å². The summed E-state index contributed by atoms with van der Waals surface area (Å²) in [4.78, 5) is 6.03. The molecule has 0 radical (unpaired) electrons. The molecule has 24 heavy (non-hydrogen) atoms. The van der Waals surface area contributed by atoms with Crippen molar-refractivity contribution in [2.24, 2.45) is 0 Å². The average molecular weight is 336 g/mol. The predicted octanol–water partition coefficient (Wildman–Crippen LogP) is 3.45. The molecule has 0 amide bonds. The minimum absolute atomic E-state index is 0.191. The summed E-state index contributed by atoms with van der Waals surface area (Å²) in [7, 11) is 0. The van der Waals surface area contributed by atoms with E-state index in [4.69, 9.17) is 0 Å². The summed E-state index contributed by atoms with van der Waals surface area (Å²) in [6.07, 6.45) is -0.198. The number of β-amino-alcohol motifs (C(OH)–C–C–N with tert-alkyl or cyclic N) is 1. The average Bonchev–Trinajstić information content (AvgIpc) is 2.94. The molecular formula is C18H19F3N2O.